The van der Waals surface area contributed by atoms with Crippen LogP contribution in [-0.4, -0.2) is 23.0 Å². The third-order valence-corrected chi connectivity index (χ3v) is 6.24. The van der Waals surface area contributed by atoms with Gasteiger partial charge in [-0.2, -0.15) is 0 Å². The summed E-state index contributed by atoms with van der Waals surface area (Å²) in [5.41, 5.74) is 1.68. The first kappa shape index (κ1) is 24.3. The number of fused-ring (bicyclic) bond motifs is 3. The van der Waals surface area contributed by atoms with Crippen LogP contribution in [0.15, 0.2) is 77.5 Å². The number of methoxy groups -OCH3 is 1. The Labute approximate surface area is 219 Å². The zero-order valence-corrected chi connectivity index (χ0v) is 20.6. The number of hydrogen-bond donors (Lipinski definition) is 0. The Bertz CT molecular complexity index is 1690. The zero-order chi connectivity index (χ0) is 26.1. The van der Waals surface area contributed by atoms with Gasteiger partial charge >= 0.3 is 5.97 Å². The third kappa shape index (κ3) is 4.60. The summed E-state index contributed by atoms with van der Waals surface area (Å²) in [4.78, 5) is 28.1. The number of hydrogen-bond acceptors (Lipinski definition) is 7. The minimum absolute atomic E-state index is 0.0886. The number of nitrogens with zero attached hydrogens (tertiary/aromatic N) is 2. The molecule has 0 fully saturated rings. The number of nitro groups is 1. The zero-order valence-electron chi connectivity index (χ0n) is 19.1. The van der Waals surface area contributed by atoms with E-state index in [1.165, 1.54) is 43.8 Å². The number of esters is 1. The van der Waals surface area contributed by atoms with Crippen molar-refractivity contribution in [1.82, 2.24) is 4.98 Å². The van der Waals surface area contributed by atoms with E-state index in [0.29, 0.717) is 44.4 Å². The predicted octanol–water partition coefficient (Wildman–Crippen LogP) is 7.56. The van der Waals surface area contributed by atoms with Gasteiger partial charge in [0.1, 0.15) is 11.3 Å². The number of non-ortho nitro benzene ring substituents is 1. The molecule has 0 bridgehead atoms. The van der Waals surface area contributed by atoms with E-state index in [2.05, 4.69) is 4.98 Å². The Balaban J connectivity index is 1.80. The van der Waals surface area contributed by atoms with Crippen molar-refractivity contribution in [2.24, 2.45) is 0 Å². The second-order valence-corrected chi connectivity index (χ2v) is 8.65. The fourth-order valence-electron chi connectivity index (χ4n) is 3.91. The van der Waals surface area contributed by atoms with E-state index in [0.717, 1.165) is 0 Å². The van der Waals surface area contributed by atoms with E-state index in [4.69, 9.17) is 37.1 Å². The highest BCUT2D eigenvalue weighted by Crippen LogP contribution is 2.42. The molecule has 0 amide bonds. The van der Waals surface area contributed by atoms with Crippen molar-refractivity contribution in [3.8, 4) is 5.75 Å². The lowest BCUT2D eigenvalue weighted by Gasteiger charge is -2.13. The maximum atomic E-state index is 13.1. The monoisotopic (exact) mass is 534 g/mol. The summed E-state index contributed by atoms with van der Waals surface area (Å²) in [6.45, 7) is 0. The second kappa shape index (κ2) is 9.93. The van der Waals surface area contributed by atoms with Gasteiger partial charge in [0, 0.05) is 46.4 Å². The van der Waals surface area contributed by atoms with Gasteiger partial charge < -0.3 is 13.9 Å². The summed E-state index contributed by atoms with van der Waals surface area (Å²) in [6.07, 6.45) is 4.34. The van der Waals surface area contributed by atoms with Gasteiger partial charge in [-0.25, -0.2) is 4.79 Å². The minimum Gasteiger partial charge on any atom is -0.493 e. The summed E-state index contributed by atoms with van der Waals surface area (Å²) in [5.74, 6) is -0.145. The van der Waals surface area contributed by atoms with Crippen molar-refractivity contribution in [2.75, 3.05) is 7.11 Å². The molecule has 2 heterocycles. The van der Waals surface area contributed by atoms with Crippen LogP contribution in [-0.2, 0) is 4.74 Å². The Morgan fingerprint density at radius 1 is 1.05 bits per heavy atom. The molecule has 0 radical (unpaired) electrons. The molecule has 2 aromatic heterocycles. The number of rotatable bonds is 6. The molecule has 10 heteroatoms. The Morgan fingerprint density at radius 2 is 1.78 bits per heavy atom. The van der Waals surface area contributed by atoms with E-state index in [1.807, 2.05) is 0 Å². The summed E-state index contributed by atoms with van der Waals surface area (Å²) in [7, 11) is 1.48. The fraction of sp³-hybridized carbons (Fsp3) is 0.0370. The van der Waals surface area contributed by atoms with Crippen LogP contribution in [0.4, 0.5) is 5.69 Å². The minimum atomic E-state index is -0.629. The van der Waals surface area contributed by atoms with E-state index < -0.39 is 10.9 Å². The number of nitro benzene ring substituents is 1. The number of aromatic nitrogens is 1. The highest BCUT2D eigenvalue weighted by Gasteiger charge is 2.23. The van der Waals surface area contributed by atoms with Gasteiger partial charge in [-0.05, 0) is 36.4 Å². The molecule has 0 unspecified atom stereocenters. The van der Waals surface area contributed by atoms with Crippen LogP contribution < -0.4 is 4.74 Å². The van der Waals surface area contributed by atoms with Crippen molar-refractivity contribution < 1.29 is 23.6 Å². The van der Waals surface area contributed by atoms with Gasteiger partial charge in [-0.3, -0.25) is 15.1 Å². The maximum absolute atomic E-state index is 13.1. The van der Waals surface area contributed by atoms with Gasteiger partial charge in [-0.1, -0.05) is 41.4 Å². The van der Waals surface area contributed by atoms with Crippen molar-refractivity contribution >= 4 is 68.6 Å². The molecule has 0 aliphatic carbocycles. The van der Waals surface area contributed by atoms with Gasteiger partial charge in [0.05, 0.1) is 27.6 Å². The normalized spacial score (nSPS) is 11.6. The lowest BCUT2D eigenvalue weighted by molar-refractivity contribution is -0.384. The second-order valence-electron chi connectivity index (χ2n) is 7.84. The smallest absolute Gasteiger partial charge is 0.343 e. The summed E-state index contributed by atoms with van der Waals surface area (Å²) in [5, 5.41) is 12.9. The molecule has 5 aromatic rings. The van der Waals surface area contributed by atoms with Crippen LogP contribution in [0.25, 0.3) is 33.8 Å². The number of halogens is 2. The maximum Gasteiger partial charge on any atom is 0.343 e. The van der Waals surface area contributed by atoms with Crippen molar-refractivity contribution in [3.05, 3.63) is 110 Å². The molecule has 37 heavy (non-hydrogen) atoms. The molecule has 0 aliphatic heterocycles. The molecule has 8 nitrogen and oxygen atoms in total. The number of pyridine rings is 1. The van der Waals surface area contributed by atoms with Gasteiger partial charge in [0.25, 0.3) is 5.69 Å². The quantitative estimate of drug-likeness (QED) is 0.0956. The first-order valence-electron chi connectivity index (χ1n) is 10.8. The molecular weight excluding hydrogens is 519 g/mol. The van der Waals surface area contributed by atoms with Crippen LogP contribution >= 0.6 is 23.2 Å². The molecule has 0 saturated heterocycles. The Hall–Kier alpha value is -4.40. The van der Waals surface area contributed by atoms with E-state index in [-0.39, 0.29) is 21.5 Å². The third-order valence-electron chi connectivity index (χ3n) is 5.64. The van der Waals surface area contributed by atoms with Crippen LogP contribution in [0.2, 0.25) is 10.0 Å². The van der Waals surface area contributed by atoms with Crippen LogP contribution in [0.5, 0.6) is 5.75 Å². The van der Waals surface area contributed by atoms with Crippen molar-refractivity contribution in [3.63, 3.8) is 0 Å². The first-order valence-corrected chi connectivity index (χ1v) is 11.6. The van der Waals surface area contributed by atoms with Gasteiger partial charge in [0.2, 0.25) is 0 Å². The lowest BCUT2D eigenvalue weighted by Crippen LogP contribution is -2.05. The molecule has 0 N–H and O–H groups in total. The van der Waals surface area contributed by atoms with E-state index >= 15 is 0 Å². The Morgan fingerprint density at radius 3 is 2.46 bits per heavy atom. The molecule has 0 spiro atoms. The number of ether oxygens (including phenoxy) is 2. The number of carbonyl (C=O) groups excluding carboxylic acids is 1. The van der Waals surface area contributed by atoms with E-state index in [1.54, 1.807) is 42.5 Å². The average molecular weight is 535 g/mol. The first-order chi connectivity index (χ1) is 17.9. The van der Waals surface area contributed by atoms with Gasteiger partial charge in [0.15, 0.2) is 11.3 Å². The van der Waals surface area contributed by atoms with Crippen LogP contribution in [0, 0.1) is 10.1 Å². The number of carbonyl (C=O) groups is 1. The van der Waals surface area contributed by atoms with E-state index in [9.17, 15) is 14.9 Å². The largest absolute Gasteiger partial charge is 0.493 e. The molecule has 0 aliphatic rings. The van der Waals surface area contributed by atoms with Crippen molar-refractivity contribution in [1.29, 1.82) is 0 Å². The van der Waals surface area contributed by atoms with Crippen LogP contribution in [0.1, 0.15) is 21.5 Å². The average Bonchev–Trinajstić information content (AvgIpc) is 3.29. The molecule has 0 saturated carbocycles. The molecule has 3 aromatic carbocycles. The molecule has 184 valence electrons. The molecule has 0 atom stereocenters. The number of benzene rings is 3. The Kier molecular flexibility index (Phi) is 6.52. The molecular formula is C27H16Cl2N2O6. The summed E-state index contributed by atoms with van der Waals surface area (Å²) < 4.78 is 17.4. The lowest BCUT2D eigenvalue weighted by atomic mass is 10.0. The van der Waals surface area contributed by atoms with Gasteiger partial charge in [-0.15, -0.1) is 0 Å². The fourth-order valence-corrected chi connectivity index (χ4v) is 4.38. The standard InChI is InChI=1S/C27H16Cl2N2O6/c1-35-23-10-8-17(25-19-11-16(31(33)34)7-9-22(19)36-26(23)25)24(12-18-20(28)13-30-14-21(18)29)37-27(32)15-5-3-2-4-6-15/h2-14H,1H3. The highest BCUT2D eigenvalue weighted by molar-refractivity contribution is 6.37. The highest BCUT2D eigenvalue weighted by atomic mass is 35.5. The van der Waals surface area contributed by atoms with Crippen LogP contribution in [0.3, 0.4) is 0 Å². The topological polar surface area (TPSA) is 105 Å². The SMILES string of the molecule is COc1ccc(C(=Cc2c(Cl)cncc2Cl)OC(=O)c2ccccc2)c2c1oc1ccc([N+](=O)[O-])cc12. The number of furan rings is 1. The predicted molar refractivity (Wildman–Crippen MR) is 141 cm³/mol. The van der Waals surface area contributed by atoms with Crippen molar-refractivity contribution in [2.45, 2.75) is 0 Å². The summed E-state index contributed by atoms with van der Waals surface area (Å²) >= 11 is 12.7. The summed E-state index contributed by atoms with van der Waals surface area (Å²) in [6, 6.07) is 16.0. The molecule has 5 rings (SSSR count).